The average molecular weight is 305 g/mol. The van der Waals surface area contributed by atoms with Gasteiger partial charge < -0.3 is 9.64 Å². The second-order valence-corrected chi connectivity index (χ2v) is 8.41. The maximum absolute atomic E-state index is 12.1. The molecule has 7 heteroatoms. The maximum atomic E-state index is 12.1. The van der Waals surface area contributed by atoms with E-state index in [1.807, 2.05) is 20.8 Å². The minimum Gasteiger partial charge on any atom is -0.444 e. The first kappa shape index (κ1) is 15.6. The van der Waals surface area contributed by atoms with E-state index in [-0.39, 0.29) is 24.7 Å². The summed E-state index contributed by atoms with van der Waals surface area (Å²) < 4.78 is 32.3. The molecule has 1 heterocycles. The van der Waals surface area contributed by atoms with Crippen LogP contribution < -0.4 is 0 Å². The number of hydrogen-bond acceptors (Lipinski definition) is 5. The van der Waals surface area contributed by atoms with Crippen LogP contribution in [0, 0.1) is 11.8 Å². The summed E-state index contributed by atoms with van der Waals surface area (Å²) in [6.45, 7) is 6.41. The van der Waals surface area contributed by atoms with Crippen molar-refractivity contribution in [3.63, 3.8) is 0 Å². The largest absolute Gasteiger partial charge is 0.444 e. The van der Waals surface area contributed by atoms with Crippen LogP contribution in [0.1, 0.15) is 33.6 Å². The van der Waals surface area contributed by atoms with Crippen molar-refractivity contribution in [1.82, 2.24) is 4.90 Å². The van der Waals surface area contributed by atoms with Crippen molar-refractivity contribution in [3.05, 3.63) is 0 Å². The highest BCUT2D eigenvalue weighted by atomic mass is 32.2. The third-order valence-corrected chi connectivity index (χ3v) is 4.38. The first-order valence-corrected chi connectivity index (χ1v) is 8.71. The summed E-state index contributed by atoms with van der Waals surface area (Å²) in [5.74, 6) is 0.530. The molecule has 0 radical (unpaired) electrons. The van der Waals surface area contributed by atoms with E-state index < -0.39 is 15.7 Å². The van der Waals surface area contributed by atoms with Crippen molar-refractivity contribution in [2.75, 3.05) is 19.4 Å². The van der Waals surface area contributed by atoms with Crippen molar-refractivity contribution in [3.8, 4) is 0 Å². The Morgan fingerprint density at radius 2 is 1.95 bits per heavy atom. The van der Waals surface area contributed by atoms with Crippen LogP contribution in [0.3, 0.4) is 0 Å². The molecule has 3 unspecified atom stereocenters. The Balaban J connectivity index is 1.87. The minimum atomic E-state index is -3.39. The average Bonchev–Trinajstić information content (AvgIpc) is 2.81. The van der Waals surface area contributed by atoms with Crippen LogP contribution in [-0.4, -0.2) is 50.5 Å². The van der Waals surface area contributed by atoms with Crippen molar-refractivity contribution in [1.29, 1.82) is 0 Å². The van der Waals surface area contributed by atoms with Crippen LogP contribution in [0.5, 0.6) is 0 Å². The fourth-order valence-corrected chi connectivity index (χ4v) is 3.44. The molecule has 1 aliphatic carbocycles. The van der Waals surface area contributed by atoms with E-state index >= 15 is 0 Å². The van der Waals surface area contributed by atoms with Crippen LogP contribution in [0.15, 0.2) is 0 Å². The smallest absolute Gasteiger partial charge is 0.410 e. The molecule has 0 aromatic rings. The number of ether oxygens (including phenoxy) is 1. The molecule has 1 aliphatic heterocycles. The number of hydrogen-bond donors (Lipinski definition) is 0. The Morgan fingerprint density at radius 3 is 2.40 bits per heavy atom. The highest BCUT2D eigenvalue weighted by molar-refractivity contribution is 7.85. The van der Waals surface area contributed by atoms with Crippen LogP contribution in [-0.2, 0) is 19.0 Å². The lowest BCUT2D eigenvalue weighted by atomic mass is 9.96. The lowest BCUT2D eigenvalue weighted by Crippen LogP contribution is -2.43. The van der Waals surface area contributed by atoms with Crippen LogP contribution in [0.25, 0.3) is 0 Å². The van der Waals surface area contributed by atoms with Gasteiger partial charge in [0.15, 0.2) is 0 Å². The highest BCUT2D eigenvalue weighted by Crippen LogP contribution is 2.42. The van der Waals surface area contributed by atoms with Gasteiger partial charge in [-0.05, 0) is 45.4 Å². The molecule has 2 fully saturated rings. The molecule has 116 valence electrons. The van der Waals surface area contributed by atoms with Gasteiger partial charge in [0.1, 0.15) is 5.60 Å². The van der Waals surface area contributed by atoms with Gasteiger partial charge in [-0.15, -0.1) is 0 Å². The molecule has 1 saturated heterocycles. The van der Waals surface area contributed by atoms with E-state index in [0.29, 0.717) is 12.5 Å². The molecular formula is C13H23NO5S. The number of carbonyl (C=O) groups is 1. The van der Waals surface area contributed by atoms with Gasteiger partial charge in [-0.25, -0.2) is 4.79 Å². The second-order valence-electron chi connectivity index (χ2n) is 6.77. The summed E-state index contributed by atoms with van der Waals surface area (Å²) in [7, 11) is -3.39. The highest BCUT2D eigenvalue weighted by Gasteiger charge is 2.47. The second kappa shape index (κ2) is 5.18. The quantitative estimate of drug-likeness (QED) is 0.741. The van der Waals surface area contributed by atoms with Crippen LogP contribution >= 0.6 is 0 Å². The molecule has 6 nitrogen and oxygen atoms in total. The number of piperidine rings is 1. The summed E-state index contributed by atoms with van der Waals surface area (Å²) in [6.07, 6.45) is 2.50. The standard InChI is InChI=1S/C13H23NO5S/c1-13(2,3)19-12(15)14-7-9-5-11(14)6-10(9)8-18-20(4,16)17/h9-11H,5-8H2,1-4H3. The molecule has 1 saturated carbocycles. The number of nitrogens with zero attached hydrogens (tertiary/aromatic N) is 1. The van der Waals surface area contributed by atoms with Gasteiger partial charge in [-0.3, -0.25) is 4.18 Å². The van der Waals surface area contributed by atoms with Crippen LogP contribution in [0.2, 0.25) is 0 Å². The molecular weight excluding hydrogens is 282 g/mol. The van der Waals surface area contributed by atoms with E-state index in [9.17, 15) is 13.2 Å². The summed E-state index contributed by atoms with van der Waals surface area (Å²) in [4.78, 5) is 13.8. The Labute approximate surface area is 120 Å². The Bertz CT molecular complexity index is 481. The number of amides is 1. The van der Waals surface area contributed by atoms with E-state index in [1.54, 1.807) is 4.90 Å². The van der Waals surface area contributed by atoms with Gasteiger partial charge in [-0.2, -0.15) is 8.42 Å². The lowest BCUT2D eigenvalue weighted by molar-refractivity contribution is 0.0144. The topological polar surface area (TPSA) is 72.9 Å². The van der Waals surface area contributed by atoms with Gasteiger partial charge >= 0.3 is 6.09 Å². The summed E-state index contributed by atoms with van der Waals surface area (Å²) in [6, 6.07) is 0.156. The van der Waals surface area contributed by atoms with E-state index in [4.69, 9.17) is 8.92 Å². The zero-order chi connectivity index (χ0) is 15.1. The lowest BCUT2D eigenvalue weighted by Gasteiger charge is -2.32. The number of carbonyl (C=O) groups excluding carboxylic acids is 1. The molecule has 2 bridgehead atoms. The zero-order valence-corrected chi connectivity index (χ0v) is 13.3. The molecule has 0 spiro atoms. The molecule has 20 heavy (non-hydrogen) atoms. The van der Waals surface area contributed by atoms with Crippen molar-refractivity contribution >= 4 is 16.2 Å². The predicted molar refractivity (Wildman–Crippen MR) is 73.7 cm³/mol. The fraction of sp³-hybridized carbons (Fsp3) is 0.923. The Morgan fingerprint density at radius 1 is 1.30 bits per heavy atom. The molecule has 0 aromatic carbocycles. The zero-order valence-electron chi connectivity index (χ0n) is 12.5. The number of rotatable bonds is 3. The predicted octanol–water partition coefficient (Wildman–Crippen LogP) is 1.61. The molecule has 1 amide bonds. The van der Waals surface area contributed by atoms with Gasteiger partial charge in [0.2, 0.25) is 0 Å². The van der Waals surface area contributed by atoms with Crippen molar-refractivity contribution in [2.45, 2.75) is 45.3 Å². The summed E-state index contributed by atoms with van der Waals surface area (Å²) in [5.41, 5.74) is -0.488. The number of fused-ring (bicyclic) bond motifs is 2. The van der Waals surface area contributed by atoms with Gasteiger partial charge in [0, 0.05) is 12.6 Å². The number of likely N-dealkylation sites (tertiary alicyclic amines) is 1. The van der Waals surface area contributed by atoms with E-state index in [0.717, 1.165) is 19.1 Å². The van der Waals surface area contributed by atoms with Gasteiger partial charge in [0.05, 0.1) is 12.9 Å². The van der Waals surface area contributed by atoms with Crippen LogP contribution in [0.4, 0.5) is 4.79 Å². The first-order valence-electron chi connectivity index (χ1n) is 6.89. The molecule has 2 aliphatic rings. The third-order valence-electron chi connectivity index (χ3n) is 3.81. The molecule has 0 N–H and O–H groups in total. The monoisotopic (exact) mass is 305 g/mol. The van der Waals surface area contributed by atoms with Crippen molar-refractivity contribution < 1.29 is 22.1 Å². The Kier molecular flexibility index (Phi) is 4.03. The maximum Gasteiger partial charge on any atom is 0.410 e. The minimum absolute atomic E-state index is 0.156. The summed E-state index contributed by atoms with van der Waals surface area (Å²) >= 11 is 0. The van der Waals surface area contributed by atoms with E-state index in [2.05, 4.69) is 0 Å². The van der Waals surface area contributed by atoms with E-state index in [1.165, 1.54) is 0 Å². The normalized spacial score (nSPS) is 29.8. The molecule has 3 atom stereocenters. The van der Waals surface area contributed by atoms with Gasteiger partial charge in [0.25, 0.3) is 10.1 Å². The molecule has 0 aromatic heterocycles. The fourth-order valence-electron chi connectivity index (χ4n) is 3.02. The Hall–Kier alpha value is -0.820. The molecule has 2 rings (SSSR count). The SMILES string of the molecule is CC(C)(C)OC(=O)N1CC2CC1CC2COS(C)(=O)=O. The summed E-state index contributed by atoms with van der Waals surface area (Å²) in [5, 5.41) is 0. The van der Waals surface area contributed by atoms with Crippen molar-refractivity contribution in [2.24, 2.45) is 11.8 Å². The van der Waals surface area contributed by atoms with Gasteiger partial charge in [-0.1, -0.05) is 0 Å². The third kappa shape index (κ3) is 3.85. The first-order chi connectivity index (χ1) is 9.05.